The molecule has 1 amide bonds. The van der Waals surface area contributed by atoms with E-state index in [1.807, 2.05) is 6.92 Å². The van der Waals surface area contributed by atoms with Crippen molar-refractivity contribution in [2.24, 2.45) is 5.92 Å². The van der Waals surface area contributed by atoms with Gasteiger partial charge in [0.05, 0.1) is 0 Å². The van der Waals surface area contributed by atoms with E-state index in [1.165, 1.54) is 0 Å². The fraction of sp³-hybridized carbons (Fsp3) is 0.312. The van der Waals surface area contributed by atoms with Crippen molar-refractivity contribution in [2.45, 2.75) is 20.8 Å². The second kappa shape index (κ2) is 7.22. The maximum absolute atomic E-state index is 12.2. The lowest BCUT2D eigenvalue weighted by Crippen LogP contribution is -2.16. The third-order valence-corrected chi connectivity index (χ3v) is 3.26. The minimum Gasteiger partial charge on any atom is -0.368 e. The zero-order valence-electron chi connectivity index (χ0n) is 12.9. The van der Waals surface area contributed by atoms with Crippen LogP contribution in [0.3, 0.4) is 0 Å². The first-order chi connectivity index (χ1) is 10.5. The Bertz CT molecular complexity index is 656. The first kappa shape index (κ1) is 16.2. The minimum atomic E-state index is -0.298. The summed E-state index contributed by atoms with van der Waals surface area (Å²) in [6, 6.07) is 8.69. The van der Waals surface area contributed by atoms with Gasteiger partial charge in [-0.1, -0.05) is 25.4 Å². The van der Waals surface area contributed by atoms with Crippen LogP contribution in [0, 0.1) is 12.8 Å². The number of amides is 1. The number of anilines is 2. The van der Waals surface area contributed by atoms with E-state index < -0.39 is 0 Å². The summed E-state index contributed by atoms with van der Waals surface area (Å²) in [6.45, 7) is 6.91. The third-order valence-electron chi connectivity index (χ3n) is 3.03. The SMILES string of the molecule is Cc1cc(Cl)ccc1NC(=O)c1ccc(NCC(C)C)nn1. The number of aryl methyl sites for hydroxylation is 1. The molecule has 0 fully saturated rings. The second-order valence-corrected chi connectivity index (χ2v) is 5.93. The lowest BCUT2D eigenvalue weighted by Gasteiger charge is -2.09. The van der Waals surface area contributed by atoms with Crippen molar-refractivity contribution < 1.29 is 4.79 Å². The highest BCUT2D eigenvalue weighted by Gasteiger charge is 2.10. The summed E-state index contributed by atoms with van der Waals surface area (Å²) in [5.41, 5.74) is 1.87. The average Bonchev–Trinajstić information content (AvgIpc) is 2.48. The van der Waals surface area contributed by atoms with E-state index in [2.05, 4.69) is 34.7 Å². The van der Waals surface area contributed by atoms with Crippen LogP contribution in [0.2, 0.25) is 5.02 Å². The van der Waals surface area contributed by atoms with E-state index in [4.69, 9.17) is 11.6 Å². The molecule has 5 nitrogen and oxygen atoms in total. The molecule has 22 heavy (non-hydrogen) atoms. The number of nitrogens with zero attached hydrogens (tertiary/aromatic N) is 2. The predicted octanol–water partition coefficient (Wildman–Crippen LogP) is 3.76. The molecule has 0 bridgehead atoms. The topological polar surface area (TPSA) is 66.9 Å². The summed E-state index contributed by atoms with van der Waals surface area (Å²) in [5.74, 6) is 0.874. The Balaban J connectivity index is 2.03. The molecule has 1 heterocycles. The summed E-state index contributed by atoms with van der Waals surface area (Å²) < 4.78 is 0. The number of hydrogen-bond acceptors (Lipinski definition) is 4. The quantitative estimate of drug-likeness (QED) is 0.881. The van der Waals surface area contributed by atoms with Gasteiger partial charge in [-0.15, -0.1) is 10.2 Å². The van der Waals surface area contributed by atoms with Crippen LogP contribution in [-0.2, 0) is 0 Å². The van der Waals surface area contributed by atoms with Crippen LogP contribution < -0.4 is 10.6 Å². The van der Waals surface area contributed by atoms with Gasteiger partial charge >= 0.3 is 0 Å². The Hall–Kier alpha value is -2.14. The van der Waals surface area contributed by atoms with Gasteiger partial charge in [-0.25, -0.2) is 0 Å². The number of halogens is 1. The highest BCUT2D eigenvalue weighted by molar-refractivity contribution is 6.30. The largest absolute Gasteiger partial charge is 0.368 e. The number of hydrogen-bond donors (Lipinski definition) is 2. The molecule has 0 saturated carbocycles. The van der Waals surface area contributed by atoms with E-state index in [1.54, 1.807) is 30.3 Å². The van der Waals surface area contributed by atoms with Gasteiger partial charge in [0.15, 0.2) is 5.69 Å². The van der Waals surface area contributed by atoms with E-state index in [0.717, 1.165) is 12.1 Å². The van der Waals surface area contributed by atoms with E-state index in [0.29, 0.717) is 22.4 Å². The Morgan fingerprint density at radius 3 is 2.59 bits per heavy atom. The standard InChI is InChI=1S/C16H19ClN4O/c1-10(2)9-18-15-7-6-14(20-21-15)16(22)19-13-5-4-12(17)8-11(13)3/h4-8,10H,9H2,1-3H3,(H,18,21)(H,19,22). The molecule has 2 aromatic rings. The van der Waals surface area contributed by atoms with Crippen molar-refractivity contribution in [2.75, 3.05) is 17.2 Å². The molecule has 2 rings (SSSR count). The monoisotopic (exact) mass is 318 g/mol. The van der Waals surface area contributed by atoms with Crippen LogP contribution in [-0.4, -0.2) is 22.6 Å². The molecule has 0 aliphatic carbocycles. The summed E-state index contributed by atoms with van der Waals surface area (Å²) in [7, 11) is 0. The molecule has 0 unspecified atom stereocenters. The van der Waals surface area contributed by atoms with E-state index in [-0.39, 0.29) is 11.6 Å². The normalized spacial score (nSPS) is 10.6. The zero-order chi connectivity index (χ0) is 16.1. The number of rotatable bonds is 5. The van der Waals surface area contributed by atoms with E-state index >= 15 is 0 Å². The van der Waals surface area contributed by atoms with Gasteiger partial charge in [0.25, 0.3) is 5.91 Å². The number of carbonyl (C=O) groups is 1. The Kier molecular flexibility index (Phi) is 5.33. The summed E-state index contributed by atoms with van der Waals surface area (Å²) in [5, 5.41) is 14.5. The molecule has 0 radical (unpaired) electrons. The molecular weight excluding hydrogens is 300 g/mol. The van der Waals surface area contributed by atoms with Crippen LogP contribution in [0.1, 0.15) is 29.9 Å². The van der Waals surface area contributed by atoms with Crippen LogP contribution in [0.25, 0.3) is 0 Å². The number of nitrogens with one attached hydrogen (secondary N) is 2. The average molecular weight is 319 g/mol. The van der Waals surface area contributed by atoms with Gasteiger partial charge in [0.2, 0.25) is 0 Å². The number of carbonyl (C=O) groups excluding carboxylic acids is 1. The third kappa shape index (κ3) is 4.43. The van der Waals surface area contributed by atoms with Gasteiger partial charge in [-0.05, 0) is 48.7 Å². The van der Waals surface area contributed by atoms with Crippen LogP contribution in [0.5, 0.6) is 0 Å². The molecule has 1 aromatic carbocycles. The maximum atomic E-state index is 12.2. The molecule has 0 spiro atoms. The molecule has 0 aliphatic heterocycles. The molecular formula is C16H19ClN4O. The van der Waals surface area contributed by atoms with Crippen molar-refractivity contribution >= 4 is 29.0 Å². The minimum absolute atomic E-state index is 0.268. The summed E-state index contributed by atoms with van der Waals surface area (Å²) >= 11 is 5.90. The lowest BCUT2D eigenvalue weighted by atomic mass is 10.2. The lowest BCUT2D eigenvalue weighted by molar-refractivity contribution is 0.102. The number of benzene rings is 1. The Labute approximate surface area is 135 Å². The first-order valence-corrected chi connectivity index (χ1v) is 7.48. The number of aromatic nitrogens is 2. The van der Waals surface area contributed by atoms with Crippen molar-refractivity contribution in [1.82, 2.24) is 10.2 Å². The van der Waals surface area contributed by atoms with Gasteiger partial charge in [-0.2, -0.15) is 0 Å². The van der Waals surface area contributed by atoms with Crippen molar-refractivity contribution in [1.29, 1.82) is 0 Å². The van der Waals surface area contributed by atoms with Gasteiger partial charge < -0.3 is 10.6 Å². The molecule has 2 N–H and O–H groups in total. The van der Waals surface area contributed by atoms with Crippen molar-refractivity contribution in [3.8, 4) is 0 Å². The molecule has 0 atom stereocenters. The van der Waals surface area contributed by atoms with Gasteiger partial charge in [0, 0.05) is 17.3 Å². The molecule has 6 heteroatoms. The summed E-state index contributed by atoms with van der Waals surface area (Å²) in [4.78, 5) is 12.2. The van der Waals surface area contributed by atoms with Gasteiger partial charge in [0.1, 0.15) is 5.82 Å². The smallest absolute Gasteiger partial charge is 0.276 e. The summed E-state index contributed by atoms with van der Waals surface area (Å²) in [6.07, 6.45) is 0. The molecule has 0 aliphatic rings. The second-order valence-electron chi connectivity index (χ2n) is 5.49. The highest BCUT2D eigenvalue weighted by atomic mass is 35.5. The molecule has 116 valence electrons. The van der Waals surface area contributed by atoms with Crippen molar-refractivity contribution in [3.63, 3.8) is 0 Å². The van der Waals surface area contributed by atoms with Crippen LogP contribution >= 0.6 is 11.6 Å². The van der Waals surface area contributed by atoms with Gasteiger partial charge in [-0.3, -0.25) is 4.79 Å². The fourth-order valence-corrected chi connectivity index (χ4v) is 2.04. The van der Waals surface area contributed by atoms with Crippen LogP contribution in [0.15, 0.2) is 30.3 Å². The van der Waals surface area contributed by atoms with E-state index in [9.17, 15) is 4.79 Å². The Morgan fingerprint density at radius 2 is 2.00 bits per heavy atom. The zero-order valence-corrected chi connectivity index (χ0v) is 13.6. The molecule has 1 aromatic heterocycles. The maximum Gasteiger partial charge on any atom is 0.276 e. The Morgan fingerprint density at radius 1 is 1.23 bits per heavy atom. The predicted molar refractivity (Wildman–Crippen MR) is 89.5 cm³/mol. The molecule has 0 saturated heterocycles. The van der Waals surface area contributed by atoms with Crippen LogP contribution in [0.4, 0.5) is 11.5 Å². The highest BCUT2D eigenvalue weighted by Crippen LogP contribution is 2.20. The van der Waals surface area contributed by atoms with Crippen molar-refractivity contribution in [3.05, 3.63) is 46.6 Å². The first-order valence-electron chi connectivity index (χ1n) is 7.11. The fourth-order valence-electron chi connectivity index (χ4n) is 1.81.